The number of fused-ring (bicyclic) bond motifs is 3. The maximum Gasteiger partial charge on any atom is 0.322 e. The van der Waals surface area contributed by atoms with E-state index < -0.39 is 52.6 Å². The molecular weight excluding hydrogens is 516 g/mol. The van der Waals surface area contributed by atoms with Crippen molar-refractivity contribution in [3.05, 3.63) is 107 Å². The summed E-state index contributed by atoms with van der Waals surface area (Å²) in [6.07, 6.45) is 0. The number of hydrogen-bond donors (Lipinski definition) is 4. The monoisotopic (exact) mass is 536 g/mol. The molecule has 0 fully saturated rings. The predicted octanol–water partition coefficient (Wildman–Crippen LogP) is 4.74. The van der Waals surface area contributed by atoms with Gasteiger partial charge in [0.25, 0.3) is 0 Å². The van der Waals surface area contributed by atoms with E-state index in [1.807, 2.05) is 0 Å². The van der Waals surface area contributed by atoms with Crippen LogP contribution in [0.4, 0.5) is 0 Å². The molecule has 4 N–H and O–H groups in total. The van der Waals surface area contributed by atoms with Crippen LogP contribution in [0.1, 0.15) is 38.9 Å². The standard InChI is InChI=1S/C31H20O9/c32-27-18-14-8-7-13-17(18)21-19(15-9-3-1-4-10-15)22(25(28(33)34)29(35)36)23(26(30(37)38)31(39)40)20(24(21)27)16-11-5-2-6-12-16/h1-14,25-26H,(H,33,34)(H,35,36)(H,37,38)(H,39,40). The van der Waals surface area contributed by atoms with Crippen LogP contribution in [0.2, 0.25) is 0 Å². The zero-order chi connectivity index (χ0) is 28.7. The van der Waals surface area contributed by atoms with Crippen molar-refractivity contribution in [2.45, 2.75) is 11.8 Å². The molecule has 9 nitrogen and oxygen atoms in total. The molecular formula is C31H20O9. The number of aliphatic carboxylic acids is 4. The minimum Gasteiger partial charge on any atom is -0.480 e. The number of carboxylic acid groups (broad SMARTS) is 4. The number of carbonyl (C=O) groups excluding carboxylic acids is 1. The number of hydrogen-bond acceptors (Lipinski definition) is 5. The van der Waals surface area contributed by atoms with Crippen molar-refractivity contribution >= 4 is 29.7 Å². The van der Waals surface area contributed by atoms with Crippen molar-refractivity contribution in [3.8, 4) is 33.4 Å². The van der Waals surface area contributed by atoms with E-state index in [0.29, 0.717) is 11.1 Å². The molecule has 0 unspecified atom stereocenters. The van der Waals surface area contributed by atoms with E-state index in [4.69, 9.17) is 0 Å². The van der Waals surface area contributed by atoms with Crippen molar-refractivity contribution in [2.24, 2.45) is 0 Å². The summed E-state index contributed by atoms with van der Waals surface area (Å²) in [5, 5.41) is 40.6. The van der Waals surface area contributed by atoms with Crippen LogP contribution in [-0.2, 0) is 19.2 Å². The lowest BCUT2D eigenvalue weighted by atomic mass is 9.73. The Bertz CT molecular complexity index is 1700. The van der Waals surface area contributed by atoms with E-state index in [0.717, 1.165) is 0 Å². The van der Waals surface area contributed by atoms with Crippen LogP contribution in [0.5, 0.6) is 0 Å². The van der Waals surface area contributed by atoms with Crippen LogP contribution in [0.15, 0.2) is 84.9 Å². The smallest absolute Gasteiger partial charge is 0.322 e. The molecule has 0 radical (unpaired) electrons. The summed E-state index contributed by atoms with van der Waals surface area (Å²) < 4.78 is 0. The first kappa shape index (κ1) is 26.1. The van der Waals surface area contributed by atoms with Gasteiger partial charge in [0.1, 0.15) is 0 Å². The Labute approximate surface area is 226 Å². The number of carboxylic acids is 4. The normalized spacial score (nSPS) is 11.8. The summed E-state index contributed by atoms with van der Waals surface area (Å²) in [5.41, 5.74) is 0.113. The second-order valence-corrected chi connectivity index (χ2v) is 9.15. The third-order valence-corrected chi connectivity index (χ3v) is 6.94. The molecule has 0 aromatic heterocycles. The molecule has 0 bridgehead atoms. The first-order chi connectivity index (χ1) is 19.1. The lowest BCUT2D eigenvalue weighted by Gasteiger charge is -2.27. The van der Waals surface area contributed by atoms with Crippen LogP contribution < -0.4 is 0 Å². The molecule has 0 spiro atoms. The van der Waals surface area contributed by atoms with Crippen LogP contribution >= 0.6 is 0 Å². The molecule has 5 rings (SSSR count). The molecule has 198 valence electrons. The third kappa shape index (κ3) is 4.01. The topological polar surface area (TPSA) is 166 Å². The lowest BCUT2D eigenvalue weighted by molar-refractivity contribution is -0.153. The molecule has 1 aliphatic carbocycles. The van der Waals surface area contributed by atoms with Crippen molar-refractivity contribution < 1.29 is 44.4 Å². The minimum atomic E-state index is -2.39. The molecule has 0 atom stereocenters. The summed E-state index contributed by atoms with van der Waals surface area (Å²) >= 11 is 0. The summed E-state index contributed by atoms with van der Waals surface area (Å²) in [4.78, 5) is 64.2. The Morgan fingerprint density at radius 1 is 0.450 bits per heavy atom. The van der Waals surface area contributed by atoms with Gasteiger partial charge in [-0.25, -0.2) is 0 Å². The van der Waals surface area contributed by atoms with Gasteiger partial charge in [0.2, 0.25) is 0 Å². The van der Waals surface area contributed by atoms with Gasteiger partial charge < -0.3 is 20.4 Å². The first-order valence-corrected chi connectivity index (χ1v) is 12.0. The quantitative estimate of drug-likeness (QED) is 0.205. The SMILES string of the molecule is O=C1c2ccccc2-c2c1c(-c1ccccc1)c(C(C(=O)O)C(=O)O)c(C(C(=O)O)C(=O)O)c2-c1ccccc1. The van der Waals surface area contributed by atoms with Crippen molar-refractivity contribution in [1.82, 2.24) is 0 Å². The van der Waals surface area contributed by atoms with Gasteiger partial charge >= 0.3 is 23.9 Å². The van der Waals surface area contributed by atoms with Crippen molar-refractivity contribution in [2.75, 3.05) is 0 Å². The fraction of sp³-hybridized carbons (Fsp3) is 0.0645. The zero-order valence-electron chi connectivity index (χ0n) is 20.6. The maximum atomic E-state index is 14.0. The minimum absolute atomic E-state index is 0.0213. The Balaban J connectivity index is 2.16. The van der Waals surface area contributed by atoms with E-state index in [1.54, 1.807) is 72.8 Å². The van der Waals surface area contributed by atoms with E-state index in [-0.39, 0.29) is 33.4 Å². The van der Waals surface area contributed by atoms with Gasteiger partial charge in [0.05, 0.1) is 0 Å². The molecule has 4 aromatic carbocycles. The van der Waals surface area contributed by atoms with Gasteiger partial charge in [-0.15, -0.1) is 0 Å². The molecule has 0 heterocycles. The van der Waals surface area contributed by atoms with Crippen molar-refractivity contribution in [1.29, 1.82) is 0 Å². The number of benzene rings is 4. The molecule has 0 aliphatic heterocycles. The first-order valence-electron chi connectivity index (χ1n) is 12.0. The number of ketones is 1. The van der Waals surface area contributed by atoms with Gasteiger partial charge in [-0.05, 0) is 38.9 Å². The van der Waals surface area contributed by atoms with E-state index in [1.165, 1.54) is 12.1 Å². The second-order valence-electron chi connectivity index (χ2n) is 9.15. The summed E-state index contributed by atoms with van der Waals surface area (Å²) in [7, 11) is 0. The maximum absolute atomic E-state index is 14.0. The molecule has 0 saturated heterocycles. The molecule has 1 aliphatic rings. The third-order valence-electron chi connectivity index (χ3n) is 6.94. The molecule has 0 saturated carbocycles. The molecule has 40 heavy (non-hydrogen) atoms. The van der Waals surface area contributed by atoms with Crippen molar-refractivity contribution in [3.63, 3.8) is 0 Å². The second kappa shape index (κ2) is 9.95. The highest BCUT2D eigenvalue weighted by molar-refractivity contribution is 6.28. The molecule has 4 aromatic rings. The Morgan fingerprint density at radius 2 is 0.800 bits per heavy atom. The van der Waals surface area contributed by atoms with E-state index >= 15 is 0 Å². The highest BCUT2D eigenvalue weighted by atomic mass is 16.4. The van der Waals surface area contributed by atoms with Gasteiger partial charge in [-0.1, -0.05) is 84.9 Å². The fourth-order valence-electron chi connectivity index (χ4n) is 5.43. The predicted molar refractivity (Wildman–Crippen MR) is 142 cm³/mol. The highest BCUT2D eigenvalue weighted by Gasteiger charge is 2.46. The highest BCUT2D eigenvalue weighted by Crippen LogP contribution is 2.53. The number of carbonyl (C=O) groups is 5. The van der Waals surface area contributed by atoms with E-state index in [9.17, 15) is 44.4 Å². The average Bonchev–Trinajstić information content (AvgIpc) is 3.21. The van der Waals surface area contributed by atoms with Crippen LogP contribution in [0, 0.1) is 0 Å². The van der Waals surface area contributed by atoms with Gasteiger partial charge in [-0.2, -0.15) is 0 Å². The molecule has 0 amide bonds. The van der Waals surface area contributed by atoms with E-state index in [2.05, 4.69) is 0 Å². The fourth-order valence-corrected chi connectivity index (χ4v) is 5.43. The summed E-state index contributed by atoms with van der Waals surface area (Å²) in [6, 6.07) is 22.4. The summed E-state index contributed by atoms with van der Waals surface area (Å²) in [6.45, 7) is 0. The Kier molecular flexibility index (Phi) is 6.48. The summed E-state index contributed by atoms with van der Waals surface area (Å²) in [5.74, 6) is -12.6. The zero-order valence-corrected chi connectivity index (χ0v) is 20.6. The Morgan fingerprint density at radius 3 is 1.20 bits per heavy atom. The average molecular weight is 536 g/mol. The van der Waals surface area contributed by atoms with Gasteiger partial charge in [0.15, 0.2) is 17.6 Å². The number of rotatable bonds is 8. The van der Waals surface area contributed by atoms with Crippen LogP contribution in [0.3, 0.4) is 0 Å². The van der Waals surface area contributed by atoms with Crippen LogP contribution in [0.25, 0.3) is 33.4 Å². The largest absolute Gasteiger partial charge is 0.480 e. The molecule has 9 heteroatoms. The lowest BCUT2D eigenvalue weighted by Crippen LogP contribution is -2.29. The van der Waals surface area contributed by atoms with Crippen LogP contribution in [-0.4, -0.2) is 50.1 Å². The van der Waals surface area contributed by atoms with Gasteiger partial charge in [0, 0.05) is 16.7 Å². The van der Waals surface area contributed by atoms with Gasteiger partial charge in [-0.3, -0.25) is 24.0 Å². The Hall–Kier alpha value is -5.57.